The Balaban J connectivity index is 0.000000179. The first-order valence-electron chi connectivity index (χ1n) is 10.9. The maximum Gasteiger partial charge on any atom is 0.0578 e. The summed E-state index contributed by atoms with van der Waals surface area (Å²) in [6.45, 7) is 4.36. The van der Waals surface area contributed by atoms with E-state index in [1.54, 1.807) is 0 Å². The molecule has 0 saturated carbocycles. The highest BCUT2D eigenvalue weighted by molar-refractivity contribution is 5.32. The van der Waals surface area contributed by atoms with E-state index < -0.39 is 0 Å². The normalized spacial score (nSPS) is 10.8. The Kier molecular flexibility index (Phi) is 8.59. The van der Waals surface area contributed by atoms with Gasteiger partial charge in [-0.15, -0.1) is 0 Å². The second-order valence-electron chi connectivity index (χ2n) is 7.87. The van der Waals surface area contributed by atoms with Crippen LogP contribution in [-0.2, 0) is 0 Å². The molecule has 0 amide bonds. The molecule has 0 bridgehead atoms. The first-order chi connectivity index (χ1) is 15.1. The number of nitrogens with two attached hydrogens (primary N) is 1. The van der Waals surface area contributed by atoms with Crippen LogP contribution in [0.3, 0.4) is 0 Å². The van der Waals surface area contributed by atoms with Gasteiger partial charge in [0.1, 0.15) is 0 Å². The highest BCUT2D eigenvalue weighted by atomic mass is 14.9. The van der Waals surface area contributed by atoms with Gasteiger partial charge < -0.3 is 11.1 Å². The van der Waals surface area contributed by atoms with E-state index in [1.165, 1.54) is 11.1 Å². The topological polar surface area (TPSA) is 38.0 Å². The molecule has 4 rings (SSSR count). The van der Waals surface area contributed by atoms with Crippen molar-refractivity contribution in [3.63, 3.8) is 0 Å². The minimum Gasteiger partial charge on any atom is -0.320 e. The average molecular weight is 409 g/mol. The van der Waals surface area contributed by atoms with Crippen molar-refractivity contribution in [1.82, 2.24) is 5.32 Å². The van der Waals surface area contributed by atoms with Gasteiger partial charge in [0, 0.05) is 6.04 Å². The van der Waals surface area contributed by atoms with Crippen molar-refractivity contribution in [3.8, 4) is 0 Å². The lowest BCUT2D eigenvalue weighted by Crippen LogP contribution is -2.28. The number of hydrogen-bond acceptors (Lipinski definition) is 2. The summed E-state index contributed by atoms with van der Waals surface area (Å²) in [5, 5.41) is 3.61. The van der Waals surface area contributed by atoms with Crippen LogP contribution in [0.1, 0.15) is 48.2 Å². The number of rotatable bonds is 6. The Labute approximate surface area is 186 Å². The van der Waals surface area contributed by atoms with E-state index in [1.807, 2.05) is 36.4 Å². The summed E-state index contributed by atoms with van der Waals surface area (Å²) in [6, 6.07) is 42.2. The van der Waals surface area contributed by atoms with Crippen LogP contribution in [0.15, 0.2) is 121 Å². The number of benzene rings is 4. The van der Waals surface area contributed by atoms with Crippen LogP contribution in [0, 0.1) is 0 Å². The maximum absolute atomic E-state index is 6.12. The monoisotopic (exact) mass is 408 g/mol. The van der Waals surface area contributed by atoms with Gasteiger partial charge in [0.2, 0.25) is 0 Å². The first kappa shape index (κ1) is 22.5. The fourth-order valence-corrected chi connectivity index (χ4v) is 3.52. The zero-order chi connectivity index (χ0) is 21.9. The highest BCUT2D eigenvalue weighted by Gasteiger charge is 2.13. The van der Waals surface area contributed by atoms with Crippen LogP contribution in [0.4, 0.5) is 0 Å². The van der Waals surface area contributed by atoms with Gasteiger partial charge in [0.15, 0.2) is 0 Å². The molecule has 0 heterocycles. The van der Waals surface area contributed by atoms with E-state index in [0.717, 1.165) is 11.1 Å². The van der Waals surface area contributed by atoms with Gasteiger partial charge in [0.25, 0.3) is 0 Å². The van der Waals surface area contributed by atoms with Crippen molar-refractivity contribution >= 4 is 0 Å². The first-order valence-corrected chi connectivity index (χ1v) is 10.9. The van der Waals surface area contributed by atoms with Crippen LogP contribution in [0.5, 0.6) is 0 Å². The molecule has 0 saturated heterocycles. The molecule has 4 aromatic carbocycles. The molecule has 0 atom stereocenters. The fourth-order valence-electron chi connectivity index (χ4n) is 3.52. The van der Waals surface area contributed by atoms with Crippen molar-refractivity contribution < 1.29 is 0 Å². The fraction of sp³-hybridized carbons (Fsp3) is 0.172. The van der Waals surface area contributed by atoms with Gasteiger partial charge in [-0.1, -0.05) is 121 Å². The molecule has 0 radical (unpaired) electrons. The molecule has 0 aliphatic rings. The van der Waals surface area contributed by atoms with E-state index in [-0.39, 0.29) is 12.1 Å². The van der Waals surface area contributed by atoms with Crippen molar-refractivity contribution in [2.24, 2.45) is 5.73 Å². The Hall–Kier alpha value is -3.20. The Morgan fingerprint density at radius 1 is 0.484 bits per heavy atom. The Morgan fingerprint density at radius 2 is 0.774 bits per heavy atom. The standard InChI is InChI=1S/C16H19N.C13H13N/c1-13(2)17-16(14-9-5-3-6-10-14)15-11-7-4-8-12-15;14-13(11-7-3-1-4-8-11)12-9-5-2-6-10-12/h3-13,16-17H,1-2H3;1-10,13H,14H2. The predicted octanol–water partition coefficient (Wildman–Crippen LogP) is 6.51. The third-order valence-electron chi connectivity index (χ3n) is 5.08. The van der Waals surface area contributed by atoms with Gasteiger partial charge in [0.05, 0.1) is 12.1 Å². The van der Waals surface area contributed by atoms with E-state index >= 15 is 0 Å². The van der Waals surface area contributed by atoms with E-state index in [2.05, 4.69) is 104 Å². The van der Waals surface area contributed by atoms with E-state index in [4.69, 9.17) is 5.73 Å². The van der Waals surface area contributed by atoms with Gasteiger partial charge in [-0.2, -0.15) is 0 Å². The predicted molar refractivity (Wildman–Crippen MR) is 132 cm³/mol. The van der Waals surface area contributed by atoms with Gasteiger partial charge in [-0.05, 0) is 36.1 Å². The van der Waals surface area contributed by atoms with Gasteiger partial charge >= 0.3 is 0 Å². The molecule has 31 heavy (non-hydrogen) atoms. The summed E-state index contributed by atoms with van der Waals surface area (Å²) in [5.74, 6) is 0. The zero-order valence-electron chi connectivity index (χ0n) is 18.4. The molecule has 158 valence electrons. The summed E-state index contributed by atoms with van der Waals surface area (Å²) in [5.41, 5.74) is 11.0. The minimum atomic E-state index is -0.0163. The van der Waals surface area contributed by atoms with E-state index in [9.17, 15) is 0 Å². The molecular weight excluding hydrogens is 376 g/mol. The molecule has 0 aliphatic carbocycles. The van der Waals surface area contributed by atoms with Crippen LogP contribution >= 0.6 is 0 Å². The molecule has 0 spiro atoms. The zero-order valence-corrected chi connectivity index (χ0v) is 18.4. The second-order valence-corrected chi connectivity index (χ2v) is 7.87. The smallest absolute Gasteiger partial charge is 0.0578 e. The molecule has 0 unspecified atom stereocenters. The van der Waals surface area contributed by atoms with E-state index in [0.29, 0.717) is 6.04 Å². The SMILES string of the molecule is CC(C)NC(c1ccccc1)c1ccccc1.NC(c1ccccc1)c1ccccc1. The van der Waals surface area contributed by atoms with Crippen LogP contribution in [-0.4, -0.2) is 6.04 Å². The molecule has 2 heteroatoms. The molecule has 2 nitrogen and oxygen atoms in total. The van der Waals surface area contributed by atoms with Crippen molar-refractivity contribution in [2.45, 2.75) is 32.0 Å². The molecule has 0 aliphatic heterocycles. The third kappa shape index (κ3) is 6.92. The largest absolute Gasteiger partial charge is 0.320 e. The summed E-state index contributed by atoms with van der Waals surface area (Å²) in [6.07, 6.45) is 0. The van der Waals surface area contributed by atoms with Crippen molar-refractivity contribution in [3.05, 3.63) is 144 Å². The third-order valence-corrected chi connectivity index (χ3v) is 5.08. The minimum absolute atomic E-state index is 0.0163. The molecule has 0 aromatic heterocycles. The summed E-state index contributed by atoms with van der Waals surface area (Å²) in [7, 11) is 0. The molecule has 0 fully saturated rings. The number of nitrogens with one attached hydrogen (secondary N) is 1. The van der Waals surface area contributed by atoms with Crippen molar-refractivity contribution in [1.29, 1.82) is 0 Å². The van der Waals surface area contributed by atoms with Crippen molar-refractivity contribution in [2.75, 3.05) is 0 Å². The summed E-state index contributed by atoms with van der Waals surface area (Å²) >= 11 is 0. The van der Waals surface area contributed by atoms with Gasteiger partial charge in [-0.25, -0.2) is 0 Å². The summed E-state index contributed by atoms with van der Waals surface area (Å²) in [4.78, 5) is 0. The van der Waals surface area contributed by atoms with Gasteiger partial charge in [-0.3, -0.25) is 0 Å². The lowest BCUT2D eigenvalue weighted by Gasteiger charge is -2.22. The Bertz CT molecular complexity index is 905. The molecule has 3 N–H and O–H groups in total. The average Bonchev–Trinajstić information content (AvgIpc) is 2.84. The Morgan fingerprint density at radius 3 is 1.06 bits per heavy atom. The van der Waals surface area contributed by atoms with Crippen LogP contribution in [0.25, 0.3) is 0 Å². The maximum atomic E-state index is 6.12. The lowest BCUT2D eigenvalue weighted by atomic mass is 9.98. The molecule has 4 aromatic rings. The quantitative estimate of drug-likeness (QED) is 0.382. The lowest BCUT2D eigenvalue weighted by molar-refractivity contribution is 0.529. The van der Waals surface area contributed by atoms with Crippen LogP contribution in [0.2, 0.25) is 0 Å². The molecular formula is C29H32N2. The second kappa shape index (κ2) is 11.8. The van der Waals surface area contributed by atoms with Crippen LogP contribution < -0.4 is 11.1 Å². The highest BCUT2D eigenvalue weighted by Crippen LogP contribution is 2.22. The summed E-state index contributed by atoms with van der Waals surface area (Å²) < 4.78 is 0. The number of hydrogen-bond donors (Lipinski definition) is 2.